The van der Waals surface area contributed by atoms with Gasteiger partial charge < -0.3 is 4.74 Å². The topological polar surface area (TPSA) is 9.23 Å². The molecular formula is C16H17ClO. The molecule has 2 rings (SSSR count). The molecule has 0 spiro atoms. The SMILES string of the molecule is Cc1cccc(-c2ccc(OCCCl)cc2)c1C. The standard InChI is InChI=1S/C16H17ClO/c1-12-4-3-5-16(13(12)2)14-6-8-15(9-7-14)18-11-10-17/h3-9H,10-11H2,1-2H3. The van der Waals surface area contributed by atoms with Gasteiger partial charge in [-0.05, 0) is 48.2 Å². The van der Waals surface area contributed by atoms with Crippen molar-refractivity contribution < 1.29 is 4.74 Å². The van der Waals surface area contributed by atoms with Crippen LogP contribution in [0.5, 0.6) is 5.75 Å². The number of ether oxygens (including phenoxy) is 1. The number of halogens is 1. The fraction of sp³-hybridized carbons (Fsp3) is 0.250. The first-order chi connectivity index (χ1) is 8.72. The van der Waals surface area contributed by atoms with Crippen LogP contribution in [0.3, 0.4) is 0 Å². The van der Waals surface area contributed by atoms with Crippen LogP contribution in [0.25, 0.3) is 11.1 Å². The molecule has 2 heteroatoms. The van der Waals surface area contributed by atoms with Gasteiger partial charge in [-0.2, -0.15) is 0 Å². The highest BCUT2D eigenvalue weighted by Gasteiger charge is 2.03. The number of hydrogen-bond donors (Lipinski definition) is 0. The second kappa shape index (κ2) is 5.92. The fourth-order valence-corrected chi connectivity index (χ4v) is 2.03. The number of hydrogen-bond acceptors (Lipinski definition) is 1. The third-order valence-corrected chi connectivity index (χ3v) is 3.27. The van der Waals surface area contributed by atoms with Crippen molar-refractivity contribution in [3.8, 4) is 16.9 Å². The van der Waals surface area contributed by atoms with Gasteiger partial charge in [0.05, 0.1) is 5.88 Å². The highest BCUT2D eigenvalue weighted by molar-refractivity contribution is 6.18. The van der Waals surface area contributed by atoms with Crippen molar-refractivity contribution in [3.05, 3.63) is 53.6 Å². The van der Waals surface area contributed by atoms with E-state index in [1.165, 1.54) is 22.3 Å². The van der Waals surface area contributed by atoms with Gasteiger partial charge in [-0.3, -0.25) is 0 Å². The van der Waals surface area contributed by atoms with Gasteiger partial charge in [-0.1, -0.05) is 30.3 Å². The molecule has 0 atom stereocenters. The smallest absolute Gasteiger partial charge is 0.119 e. The van der Waals surface area contributed by atoms with Crippen LogP contribution < -0.4 is 4.74 Å². The minimum atomic E-state index is 0.513. The summed E-state index contributed by atoms with van der Waals surface area (Å²) in [7, 11) is 0. The third kappa shape index (κ3) is 2.85. The lowest BCUT2D eigenvalue weighted by Gasteiger charge is -2.10. The van der Waals surface area contributed by atoms with Gasteiger partial charge in [-0.25, -0.2) is 0 Å². The molecule has 2 aromatic carbocycles. The van der Waals surface area contributed by atoms with Crippen molar-refractivity contribution in [2.75, 3.05) is 12.5 Å². The molecule has 0 heterocycles. The van der Waals surface area contributed by atoms with E-state index in [2.05, 4.69) is 44.2 Å². The molecule has 0 saturated carbocycles. The molecule has 0 unspecified atom stereocenters. The Balaban J connectivity index is 2.26. The van der Waals surface area contributed by atoms with E-state index >= 15 is 0 Å². The largest absolute Gasteiger partial charge is 0.492 e. The van der Waals surface area contributed by atoms with Gasteiger partial charge in [0.2, 0.25) is 0 Å². The summed E-state index contributed by atoms with van der Waals surface area (Å²) in [4.78, 5) is 0. The van der Waals surface area contributed by atoms with Crippen LogP contribution >= 0.6 is 11.6 Å². The van der Waals surface area contributed by atoms with Crippen molar-refractivity contribution in [2.24, 2.45) is 0 Å². The van der Waals surface area contributed by atoms with E-state index in [9.17, 15) is 0 Å². The Morgan fingerprint density at radius 2 is 1.72 bits per heavy atom. The summed E-state index contributed by atoms with van der Waals surface area (Å²) in [6, 6.07) is 14.5. The summed E-state index contributed by atoms with van der Waals surface area (Å²) < 4.78 is 5.47. The van der Waals surface area contributed by atoms with E-state index in [-0.39, 0.29) is 0 Å². The maximum Gasteiger partial charge on any atom is 0.119 e. The van der Waals surface area contributed by atoms with E-state index in [0.717, 1.165) is 5.75 Å². The number of aryl methyl sites for hydroxylation is 1. The Labute approximate surface area is 113 Å². The van der Waals surface area contributed by atoms with Crippen molar-refractivity contribution in [2.45, 2.75) is 13.8 Å². The normalized spacial score (nSPS) is 10.4. The highest BCUT2D eigenvalue weighted by Crippen LogP contribution is 2.27. The molecule has 0 radical (unpaired) electrons. The predicted molar refractivity (Wildman–Crippen MR) is 77.6 cm³/mol. The van der Waals surface area contributed by atoms with Gasteiger partial charge in [0, 0.05) is 0 Å². The molecule has 0 N–H and O–H groups in total. The molecule has 0 aliphatic heterocycles. The summed E-state index contributed by atoms with van der Waals surface area (Å²) in [6.45, 7) is 4.84. The number of alkyl halides is 1. The molecule has 0 saturated heterocycles. The maximum atomic E-state index is 5.59. The first-order valence-corrected chi connectivity index (χ1v) is 6.61. The number of rotatable bonds is 4. The molecule has 94 valence electrons. The van der Waals surface area contributed by atoms with Gasteiger partial charge in [0.15, 0.2) is 0 Å². The number of benzene rings is 2. The van der Waals surface area contributed by atoms with E-state index in [1.807, 2.05) is 12.1 Å². The maximum absolute atomic E-state index is 5.59. The van der Waals surface area contributed by atoms with Crippen molar-refractivity contribution >= 4 is 11.6 Å². The van der Waals surface area contributed by atoms with Crippen molar-refractivity contribution in [3.63, 3.8) is 0 Å². The zero-order valence-electron chi connectivity index (χ0n) is 10.7. The highest BCUT2D eigenvalue weighted by atomic mass is 35.5. The second-order valence-electron chi connectivity index (χ2n) is 4.31. The van der Waals surface area contributed by atoms with E-state index in [0.29, 0.717) is 12.5 Å². The van der Waals surface area contributed by atoms with Crippen LogP contribution in [0.4, 0.5) is 0 Å². The van der Waals surface area contributed by atoms with Crippen LogP contribution in [0.15, 0.2) is 42.5 Å². The predicted octanol–water partition coefficient (Wildman–Crippen LogP) is 4.59. The van der Waals surface area contributed by atoms with Gasteiger partial charge in [-0.15, -0.1) is 11.6 Å². The molecule has 0 aliphatic rings. The molecule has 0 fully saturated rings. The molecule has 0 bridgehead atoms. The molecule has 18 heavy (non-hydrogen) atoms. The first kappa shape index (κ1) is 13.0. The Hall–Kier alpha value is -1.47. The Morgan fingerprint density at radius 3 is 2.39 bits per heavy atom. The summed E-state index contributed by atoms with van der Waals surface area (Å²) in [5.74, 6) is 1.38. The van der Waals surface area contributed by atoms with Crippen LogP contribution in [0, 0.1) is 13.8 Å². The molecular weight excluding hydrogens is 244 g/mol. The summed E-state index contributed by atoms with van der Waals surface area (Å²) >= 11 is 5.59. The minimum Gasteiger partial charge on any atom is -0.492 e. The first-order valence-electron chi connectivity index (χ1n) is 6.08. The Bertz CT molecular complexity index is 517. The average molecular weight is 261 g/mol. The van der Waals surface area contributed by atoms with E-state index in [1.54, 1.807) is 0 Å². The van der Waals surface area contributed by atoms with Gasteiger partial charge in [0.25, 0.3) is 0 Å². The zero-order valence-corrected chi connectivity index (χ0v) is 11.5. The van der Waals surface area contributed by atoms with Crippen LogP contribution in [0.1, 0.15) is 11.1 Å². The van der Waals surface area contributed by atoms with Crippen molar-refractivity contribution in [1.29, 1.82) is 0 Å². The zero-order chi connectivity index (χ0) is 13.0. The van der Waals surface area contributed by atoms with E-state index < -0.39 is 0 Å². The average Bonchev–Trinajstić information content (AvgIpc) is 2.40. The minimum absolute atomic E-state index is 0.513. The summed E-state index contributed by atoms with van der Waals surface area (Å²) in [5, 5.41) is 0. The van der Waals surface area contributed by atoms with Crippen LogP contribution in [0.2, 0.25) is 0 Å². The van der Waals surface area contributed by atoms with Gasteiger partial charge >= 0.3 is 0 Å². The lowest BCUT2D eigenvalue weighted by Crippen LogP contribution is -1.97. The van der Waals surface area contributed by atoms with E-state index in [4.69, 9.17) is 16.3 Å². The molecule has 0 amide bonds. The molecule has 0 aliphatic carbocycles. The molecule has 2 aromatic rings. The Morgan fingerprint density at radius 1 is 1.00 bits per heavy atom. The van der Waals surface area contributed by atoms with Crippen LogP contribution in [-0.4, -0.2) is 12.5 Å². The lowest BCUT2D eigenvalue weighted by atomic mass is 9.97. The second-order valence-corrected chi connectivity index (χ2v) is 4.69. The summed E-state index contributed by atoms with van der Waals surface area (Å²) in [6.07, 6.45) is 0. The monoisotopic (exact) mass is 260 g/mol. The summed E-state index contributed by atoms with van der Waals surface area (Å²) in [5.41, 5.74) is 5.13. The quantitative estimate of drug-likeness (QED) is 0.731. The van der Waals surface area contributed by atoms with Crippen molar-refractivity contribution in [1.82, 2.24) is 0 Å². The molecule has 1 nitrogen and oxygen atoms in total. The third-order valence-electron chi connectivity index (χ3n) is 3.12. The Kier molecular flexibility index (Phi) is 4.27. The fourth-order valence-electron chi connectivity index (χ4n) is 1.95. The lowest BCUT2D eigenvalue weighted by molar-refractivity contribution is 0.343. The van der Waals surface area contributed by atoms with Crippen LogP contribution in [-0.2, 0) is 0 Å². The molecule has 0 aromatic heterocycles. The van der Waals surface area contributed by atoms with Gasteiger partial charge in [0.1, 0.15) is 12.4 Å².